The fourth-order valence-corrected chi connectivity index (χ4v) is 5.01. The topological polar surface area (TPSA) is 12.0 Å². The Kier molecular flexibility index (Phi) is 6.60. The molecule has 1 nitrogen and oxygen atoms in total. The number of fused-ring (bicyclic) bond motifs is 1. The number of anilines is 1. The van der Waals surface area contributed by atoms with Crippen molar-refractivity contribution >= 4 is 11.3 Å². The molecule has 1 heteroatoms. The maximum absolute atomic E-state index is 4.29. The summed E-state index contributed by atoms with van der Waals surface area (Å²) in [5.74, 6) is 0. The normalized spacial score (nSPS) is 14.9. The molecule has 4 rings (SSSR count). The SMILES string of the molecule is C=C/C=C(\CC)Nc1ccc2c(c1)C(c1ccccc1)(c1ccccc1)C(C=C)=C2/C=C\C. The third-order valence-corrected chi connectivity index (χ3v) is 6.36. The van der Waals surface area contributed by atoms with Crippen LogP contribution < -0.4 is 5.32 Å². The Labute approximate surface area is 198 Å². The molecule has 0 aromatic heterocycles. The molecule has 1 N–H and O–H groups in total. The van der Waals surface area contributed by atoms with Crippen LogP contribution in [0.15, 0.2) is 134 Å². The quantitative estimate of drug-likeness (QED) is 0.354. The van der Waals surface area contributed by atoms with Crippen molar-refractivity contribution in [2.45, 2.75) is 25.7 Å². The predicted molar refractivity (Wildman–Crippen MR) is 143 cm³/mol. The molecule has 0 amide bonds. The van der Waals surface area contributed by atoms with E-state index in [0.717, 1.165) is 17.8 Å². The van der Waals surface area contributed by atoms with Crippen LogP contribution in [0.2, 0.25) is 0 Å². The van der Waals surface area contributed by atoms with E-state index < -0.39 is 5.41 Å². The van der Waals surface area contributed by atoms with Gasteiger partial charge in [-0.25, -0.2) is 0 Å². The third kappa shape index (κ3) is 3.81. The van der Waals surface area contributed by atoms with Gasteiger partial charge in [0, 0.05) is 11.4 Å². The van der Waals surface area contributed by atoms with Gasteiger partial charge in [-0.3, -0.25) is 0 Å². The van der Waals surface area contributed by atoms with E-state index >= 15 is 0 Å². The van der Waals surface area contributed by atoms with Gasteiger partial charge in [0.15, 0.2) is 0 Å². The standard InChI is InChI=1S/C32H31N/c1-5-15-26(7-3)33-27-21-22-29-28(16-6-2)30(8-4)32(31(29)23-27,24-17-11-9-12-18-24)25-19-13-10-14-20-25/h5-6,8-23,33H,1,4,7H2,2-3H3/b16-6-,26-15+. The molecule has 0 spiro atoms. The fourth-order valence-electron chi connectivity index (χ4n) is 5.01. The Bertz CT molecular complexity index is 1200. The predicted octanol–water partition coefficient (Wildman–Crippen LogP) is 8.44. The Balaban J connectivity index is 2.07. The molecule has 0 fully saturated rings. The molecule has 0 heterocycles. The summed E-state index contributed by atoms with van der Waals surface area (Å²) >= 11 is 0. The summed E-state index contributed by atoms with van der Waals surface area (Å²) < 4.78 is 0. The van der Waals surface area contributed by atoms with Crippen LogP contribution in [-0.2, 0) is 5.41 Å². The molecule has 0 saturated carbocycles. The maximum atomic E-state index is 4.29. The van der Waals surface area contributed by atoms with Gasteiger partial charge < -0.3 is 5.32 Å². The van der Waals surface area contributed by atoms with Crippen LogP contribution >= 0.6 is 0 Å². The maximum Gasteiger partial charge on any atom is 0.0714 e. The van der Waals surface area contributed by atoms with Gasteiger partial charge in [-0.05, 0) is 65.0 Å². The van der Waals surface area contributed by atoms with E-state index in [4.69, 9.17) is 0 Å². The highest BCUT2D eigenvalue weighted by Crippen LogP contribution is 2.55. The summed E-state index contributed by atoms with van der Waals surface area (Å²) in [4.78, 5) is 0. The molecule has 0 radical (unpaired) electrons. The van der Waals surface area contributed by atoms with Crippen LogP contribution in [0.25, 0.3) is 5.57 Å². The first-order valence-electron chi connectivity index (χ1n) is 11.5. The number of rotatable bonds is 8. The number of benzene rings is 3. The molecule has 0 bridgehead atoms. The van der Waals surface area contributed by atoms with Gasteiger partial charge in [-0.15, -0.1) is 0 Å². The molecule has 0 atom stereocenters. The summed E-state index contributed by atoms with van der Waals surface area (Å²) in [6.45, 7) is 12.4. The van der Waals surface area contributed by atoms with Crippen molar-refractivity contribution in [3.63, 3.8) is 0 Å². The molecule has 1 aliphatic rings. The van der Waals surface area contributed by atoms with Crippen molar-refractivity contribution in [1.29, 1.82) is 0 Å². The summed E-state index contributed by atoms with van der Waals surface area (Å²) in [6.07, 6.45) is 11.1. The lowest BCUT2D eigenvalue weighted by molar-refractivity contribution is 0.762. The molecular formula is C32H31N. The van der Waals surface area contributed by atoms with Gasteiger partial charge in [0.05, 0.1) is 5.41 Å². The Hall–Kier alpha value is -3.84. The minimum absolute atomic E-state index is 0.444. The van der Waals surface area contributed by atoms with E-state index in [-0.39, 0.29) is 0 Å². The average molecular weight is 430 g/mol. The highest BCUT2D eigenvalue weighted by Gasteiger charge is 2.46. The Morgan fingerprint density at radius 2 is 1.55 bits per heavy atom. The Morgan fingerprint density at radius 1 is 0.909 bits per heavy atom. The van der Waals surface area contributed by atoms with Crippen LogP contribution in [0.1, 0.15) is 42.5 Å². The van der Waals surface area contributed by atoms with Crippen LogP contribution in [0.5, 0.6) is 0 Å². The van der Waals surface area contributed by atoms with Gasteiger partial charge in [0.25, 0.3) is 0 Å². The van der Waals surface area contributed by atoms with Crippen molar-refractivity contribution < 1.29 is 0 Å². The molecular weight excluding hydrogens is 398 g/mol. The number of hydrogen-bond acceptors (Lipinski definition) is 1. The van der Waals surface area contributed by atoms with Crippen LogP contribution in [0.3, 0.4) is 0 Å². The van der Waals surface area contributed by atoms with Gasteiger partial charge in [-0.1, -0.05) is 111 Å². The summed E-state index contributed by atoms with van der Waals surface area (Å²) in [6, 6.07) is 28.3. The van der Waals surface area contributed by atoms with Gasteiger partial charge in [0.1, 0.15) is 0 Å². The second kappa shape index (κ2) is 9.75. The van der Waals surface area contributed by atoms with Gasteiger partial charge >= 0.3 is 0 Å². The molecule has 164 valence electrons. The number of nitrogens with one attached hydrogen (secondary N) is 1. The second-order valence-corrected chi connectivity index (χ2v) is 8.18. The molecule has 0 aliphatic heterocycles. The van der Waals surface area contributed by atoms with E-state index in [1.54, 1.807) is 0 Å². The van der Waals surface area contributed by atoms with Crippen LogP contribution in [0, 0.1) is 0 Å². The summed E-state index contributed by atoms with van der Waals surface area (Å²) in [7, 11) is 0. The molecule has 33 heavy (non-hydrogen) atoms. The zero-order chi connectivity index (χ0) is 23.3. The minimum atomic E-state index is -0.444. The second-order valence-electron chi connectivity index (χ2n) is 8.18. The fraction of sp³-hybridized carbons (Fsp3) is 0.125. The molecule has 1 aliphatic carbocycles. The smallest absolute Gasteiger partial charge is 0.0714 e. The van der Waals surface area contributed by atoms with Crippen LogP contribution in [0.4, 0.5) is 5.69 Å². The van der Waals surface area contributed by atoms with E-state index in [9.17, 15) is 0 Å². The molecule has 3 aromatic carbocycles. The van der Waals surface area contributed by atoms with E-state index in [2.05, 4.69) is 123 Å². The van der Waals surface area contributed by atoms with E-state index in [1.807, 2.05) is 18.2 Å². The minimum Gasteiger partial charge on any atom is -0.359 e. The van der Waals surface area contributed by atoms with Crippen molar-refractivity contribution in [3.8, 4) is 0 Å². The largest absolute Gasteiger partial charge is 0.359 e. The summed E-state index contributed by atoms with van der Waals surface area (Å²) in [5, 5.41) is 3.61. The average Bonchev–Trinajstić information content (AvgIpc) is 3.14. The molecule has 3 aromatic rings. The van der Waals surface area contributed by atoms with Gasteiger partial charge in [0.2, 0.25) is 0 Å². The van der Waals surface area contributed by atoms with Crippen LogP contribution in [-0.4, -0.2) is 0 Å². The van der Waals surface area contributed by atoms with Crippen molar-refractivity contribution in [1.82, 2.24) is 0 Å². The number of hydrogen-bond donors (Lipinski definition) is 1. The third-order valence-electron chi connectivity index (χ3n) is 6.36. The first kappa shape index (κ1) is 22.4. The highest BCUT2D eigenvalue weighted by atomic mass is 14.9. The molecule has 0 saturated heterocycles. The molecule has 0 unspecified atom stereocenters. The lowest BCUT2D eigenvalue weighted by Gasteiger charge is -2.35. The zero-order valence-corrected chi connectivity index (χ0v) is 19.5. The Morgan fingerprint density at radius 3 is 2.06 bits per heavy atom. The van der Waals surface area contributed by atoms with E-state index in [1.165, 1.54) is 33.4 Å². The summed E-state index contributed by atoms with van der Waals surface area (Å²) in [5.41, 5.74) is 9.18. The first-order chi connectivity index (χ1) is 16.2. The highest BCUT2D eigenvalue weighted by molar-refractivity contribution is 5.92. The van der Waals surface area contributed by atoms with E-state index in [0.29, 0.717) is 0 Å². The van der Waals surface area contributed by atoms with Crippen molar-refractivity contribution in [2.24, 2.45) is 0 Å². The lowest BCUT2D eigenvalue weighted by Crippen LogP contribution is -2.29. The zero-order valence-electron chi connectivity index (χ0n) is 19.5. The van der Waals surface area contributed by atoms with Gasteiger partial charge in [-0.2, -0.15) is 0 Å². The monoisotopic (exact) mass is 429 g/mol. The number of allylic oxidation sites excluding steroid dienone is 8. The van der Waals surface area contributed by atoms with Crippen molar-refractivity contribution in [3.05, 3.63) is 156 Å². The van der Waals surface area contributed by atoms with Crippen molar-refractivity contribution in [2.75, 3.05) is 5.32 Å². The lowest BCUT2D eigenvalue weighted by atomic mass is 9.67. The first-order valence-corrected chi connectivity index (χ1v) is 11.5.